The summed E-state index contributed by atoms with van der Waals surface area (Å²) in [7, 11) is 0. The van der Waals surface area contributed by atoms with Gasteiger partial charge in [0.25, 0.3) is 0 Å². The fourth-order valence-corrected chi connectivity index (χ4v) is 1.60. The van der Waals surface area contributed by atoms with Crippen molar-refractivity contribution in [3.8, 4) is 0 Å². The number of aromatic nitrogens is 1. The zero-order chi connectivity index (χ0) is 12.9. The molecule has 0 fully saturated rings. The van der Waals surface area contributed by atoms with Crippen LogP contribution in [0.1, 0.15) is 33.3 Å². The van der Waals surface area contributed by atoms with E-state index in [1.165, 1.54) is 5.56 Å². The lowest BCUT2D eigenvalue weighted by Crippen LogP contribution is -2.45. The van der Waals surface area contributed by atoms with Crippen molar-refractivity contribution in [2.45, 2.75) is 40.3 Å². The first kappa shape index (κ1) is 14.1. The molecule has 96 valence electrons. The van der Waals surface area contributed by atoms with Gasteiger partial charge in [-0.1, -0.05) is 27.7 Å². The van der Waals surface area contributed by atoms with E-state index in [0.29, 0.717) is 0 Å². The summed E-state index contributed by atoms with van der Waals surface area (Å²) in [6, 6.07) is 4.32. The van der Waals surface area contributed by atoms with E-state index in [4.69, 9.17) is 5.73 Å². The highest BCUT2D eigenvalue weighted by Gasteiger charge is 2.22. The molecule has 0 amide bonds. The molecule has 2 N–H and O–H groups in total. The molecule has 0 spiro atoms. The van der Waals surface area contributed by atoms with Gasteiger partial charge in [0, 0.05) is 31.5 Å². The maximum Gasteiger partial charge on any atom is 0.0271 e. The summed E-state index contributed by atoms with van der Waals surface area (Å²) in [5.74, 6) is 0. The van der Waals surface area contributed by atoms with E-state index in [2.05, 4.69) is 49.7 Å². The van der Waals surface area contributed by atoms with Crippen molar-refractivity contribution in [3.05, 3.63) is 30.1 Å². The summed E-state index contributed by atoms with van der Waals surface area (Å²) in [6.07, 6.45) is 3.68. The van der Waals surface area contributed by atoms with Gasteiger partial charge in [-0.3, -0.25) is 9.88 Å². The third-order valence-electron chi connectivity index (χ3n) is 3.17. The molecule has 0 radical (unpaired) electrons. The topological polar surface area (TPSA) is 42.2 Å². The molecule has 0 saturated carbocycles. The fourth-order valence-electron chi connectivity index (χ4n) is 1.60. The number of nitrogens with two attached hydrogens (primary N) is 1. The summed E-state index contributed by atoms with van der Waals surface area (Å²) >= 11 is 0. The highest BCUT2D eigenvalue weighted by Crippen LogP contribution is 2.18. The summed E-state index contributed by atoms with van der Waals surface area (Å²) < 4.78 is 0. The third kappa shape index (κ3) is 4.84. The highest BCUT2D eigenvalue weighted by atomic mass is 15.1. The Morgan fingerprint density at radius 1 is 1.29 bits per heavy atom. The third-order valence-corrected chi connectivity index (χ3v) is 3.17. The van der Waals surface area contributed by atoms with E-state index >= 15 is 0 Å². The Morgan fingerprint density at radius 3 is 2.35 bits per heavy atom. The molecule has 0 bridgehead atoms. The van der Waals surface area contributed by atoms with Crippen LogP contribution in [0, 0.1) is 5.41 Å². The summed E-state index contributed by atoms with van der Waals surface area (Å²) in [6.45, 7) is 11.7. The Balaban J connectivity index is 2.55. The van der Waals surface area contributed by atoms with Crippen molar-refractivity contribution in [2.75, 3.05) is 13.1 Å². The monoisotopic (exact) mass is 235 g/mol. The van der Waals surface area contributed by atoms with Gasteiger partial charge in [0.2, 0.25) is 0 Å². The minimum atomic E-state index is 0.158. The van der Waals surface area contributed by atoms with E-state index < -0.39 is 0 Å². The Labute approximate surface area is 105 Å². The molecule has 1 heterocycles. The fraction of sp³-hybridized carbons (Fsp3) is 0.643. The van der Waals surface area contributed by atoms with Crippen LogP contribution in [0.2, 0.25) is 0 Å². The van der Waals surface area contributed by atoms with Gasteiger partial charge in [0.05, 0.1) is 0 Å². The van der Waals surface area contributed by atoms with E-state index in [1.807, 2.05) is 12.4 Å². The van der Waals surface area contributed by atoms with Crippen LogP contribution in [0.25, 0.3) is 0 Å². The maximum atomic E-state index is 6.23. The average molecular weight is 235 g/mol. The Morgan fingerprint density at radius 2 is 1.88 bits per heavy atom. The van der Waals surface area contributed by atoms with Crippen LogP contribution < -0.4 is 5.73 Å². The Hall–Kier alpha value is -0.930. The molecule has 1 rings (SSSR count). The molecule has 1 aromatic heterocycles. The summed E-state index contributed by atoms with van der Waals surface area (Å²) in [5, 5.41) is 0. The second-order valence-electron chi connectivity index (χ2n) is 5.66. The van der Waals surface area contributed by atoms with Crippen molar-refractivity contribution in [1.29, 1.82) is 0 Å². The number of nitrogens with zero attached hydrogens (tertiary/aromatic N) is 2. The predicted molar refractivity (Wildman–Crippen MR) is 72.6 cm³/mol. The summed E-state index contributed by atoms with van der Waals surface area (Å²) in [5.41, 5.74) is 7.68. The largest absolute Gasteiger partial charge is 0.326 e. The van der Waals surface area contributed by atoms with Crippen molar-refractivity contribution >= 4 is 0 Å². The van der Waals surface area contributed by atoms with Gasteiger partial charge in [-0.05, 0) is 29.7 Å². The van der Waals surface area contributed by atoms with Gasteiger partial charge in [-0.15, -0.1) is 0 Å². The van der Waals surface area contributed by atoms with E-state index in [-0.39, 0.29) is 11.5 Å². The first-order valence-electron chi connectivity index (χ1n) is 6.30. The lowest BCUT2D eigenvalue weighted by molar-refractivity contribution is 0.199. The van der Waals surface area contributed by atoms with Gasteiger partial charge >= 0.3 is 0 Å². The normalized spacial score (nSPS) is 14.0. The molecular weight excluding hydrogens is 210 g/mol. The van der Waals surface area contributed by atoms with Crippen LogP contribution in [-0.2, 0) is 6.54 Å². The van der Waals surface area contributed by atoms with Crippen molar-refractivity contribution in [2.24, 2.45) is 11.1 Å². The van der Waals surface area contributed by atoms with Crippen molar-refractivity contribution < 1.29 is 0 Å². The standard InChI is InChI=1S/C14H25N3/c1-5-17(11-13(15)14(2,3)4)10-12-6-8-16-9-7-12/h6-9,13H,5,10-11,15H2,1-4H3/t13-/m1/s1. The van der Waals surface area contributed by atoms with Gasteiger partial charge in [0.15, 0.2) is 0 Å². The SMILES string of the molecule is CCN(Cc1ccncc1)C[C@@H](N)C(C)(C)C. The van der Waals surface area contributed by atoms with Crippen molar-refractivity contribution in [1.82, 2.24) is 9.88 Å². The second-order valence-corrected chi connectivity index (χ2v) is 5.66. The predicted octanol–water partition coefficient (Wildman–Crippen LogP) is 2.28. The Kier molecular flexibility index (Phi) is 5.09. The van der Waals surface area contributed by atoms with Crippen LogP contribution in [0.15, 0.2) is 24.5 Å². The van der Waals surface area contributed by atoms with E-state index in [1.54, 1.807) is 0 Å². The number of hydrogen-bond donors (Lipinski definition) is 1. The minimum absolute atomic E-state index is 0.158. The molecule has 0 aromatic carbocycles. The zero-order valence-corrected chi connectivity index (χ0v) is 11.5. The molecule has 0 unspecified atom stereocenters. The van der Waals surface area contributed by atoms with Gasteiger partial charge in [-0.2, -0.15) is 0 Å². The molecule has 1 atom stereocenters. The second kappa shape index (κ2) is 6.12. The molecule has 17 heavy (non-hydrogen) atoms. The van der Waals surface area contributed by atoms with Crippen LogP contribution in [0.5, 0.6) is 0 Å². The molecule has 0 saturated heterocycles. The van der Waals surface area contributed by atoms with E-state index in [0.717, 1.165) is 19.6 Å². The average Bonchev–Trinajstić information content (AvgIpc) is 2.28. The smallest absolute Gasteiger partial charge is 0.0271 e. The number of pyridine rings is 1. The van der Waals surface area contributed by atoms with Gasteiger partial charge in [0.1, 0.15) is 0 Å². The molecular formula is C14H25N3. The molecule has 0 aliphatic carbocycles. The minimum Gasteiger partial charge on any atom is -0.326 e. The molecule has 1 aromatic rings. The zero-order valence-electron chi connectivity index (χ0n) is 11.5. The first-order chi connectivity index (χ1) is 7.93. The van der Waals surface area contributed by atoms with Crippen molar-refractivity contribution in [3.63, 3.8) is 0 Å². The molecule has 0 aliphatic heterocycles. The molecule has 3 heteroatoms. The molecule has 0 aliphatic rings. The highest BCUT2D eigenvalue weighted by molar-refractivity contribution is 5.09. The number of likely N-dealkylation sites (N-methyl/N-ethyl adjacent to an activating group) is 1. The summed E-state index contributed by atoms with van der Waals surface area (Å²) in [4.78, 5) is 6.42. The van der Waals surface area contributed by atoms with Crippen LogP contribution in [0.3, 0.4) is 0 Å². The lowest BCUT2D eigenvalue weighted by atomic mass is 9.87. The lowest BCUT2D eigenvalue weighted by Gasteiger charge is -2.32. The van der Waals surface area contributed by atoms with Gasteiger partial charge < -0.3 is 5.73 Å². The quantitative estimate of drug-likeness (QED) is 0.851. The number of hydrogen-bond acceptors (Lipinski definition) is 3. The Bertz CT molecular complexity index is 316. The van der Waals surface area contributed by atoms with Gasteiger partial charge in [-0.25, -0.2) is 0 Å². The molecule has 3 nitrogen and oxygen atoms in total. The maximum absolute atomic E-state index is 6.23. The number of rotatable bonds is 5. The van der Waals surface area contributed by atoms with Crippen LogP contribution in [0.4, 0.5) is 0 Å². The van der Waals surface area contributed by atoms with Crippen LogP contribution in [-0.4, -0.2) is 29.0 Å². The van der Waals surface area contributed by atoms with Crippen LogP contribution >= 0.6 is 0 Å². The first-order valence-corrected chi connectivity index (χ1v) is 6.30. The van der Waals surface area contributed by atoms with E-state index in [9.17, 15) is 0 Å².